The van der Waals surface area contributed by atoms with Crippen LogP contribution in [0.4, 0.5) is 0 Å². The van der Waals surface area contributed by atoms with Crippen molar-refractivity contribution in [2.75, 3.05) is 12.8 Å². The summed E-state index contributed by atoms with van der Waals surface area (Å²) in [5.74, 6) is 0.862. The van der Waals surface area contributed by atoms with Gasteiger partial charge in [-0.25, -0.2) is 0 Å². The van der Waals surface area contributed by atoms with Crippen LogP contribution in [0.25, 0.3) is 0 Å². The molecule has 2 nitrogen and oxygen atoms in total. The van der Waals surface area contributed by atoms with Crippen molar-refractivity contribution in [3.63, 3.8) is 0 Å². The third kappa shape index (κ3) is 5.42. The van der Waals surface area contributed by atoms with Crippen LogP contribution in [-0.4, -0.2) is 28.3 Å². The Morgan fingerprint density at radius 3 is 2.38 bits per heavy atom. The molecule has 0 aliphatic carbocycles. The monoisotopic (exact) mass is 205 g/mol. The Morgan fingerprint density at radius 2 is 1.92 bits per heavy atom. The zero-order valence-electron chi connectivity index (χ0n) is 9.30. The second-order valence-electron chi connectivity index (χ2n) is 3.57. The summed E-state index contributed by atoms with van der Waals surface area (Å²) in [6.07, 6.45) is 3.50. The van der Waals surface area contributed by atoms with Crippen molar-refractivity contribution in [1.82, 2.24) is 5.32 Å². The third-order valence-electron chi connectivity index (χ3n) is 2.52. The van der Waals surface area contributed by atoms with Crippen LogP contribution in [0.2, 0.25) is 0 Å². The molecule has 1 N–H and O–H groups in total. The molecule has 13 heavy (non-hydrogen) atoms. The molecule has 0 aromatic carbocycles. The van der Waals surface area contributed by atoms with Crippen molar-refractivity contribution in [2.45, 2.75) is 51.3 Å². The molecule has 0 aromatic heterocycles. The van der Waals surface area contributed by atoms with Crippen molar-refractivity contribution in [1.29, 1.82) is 0 Å². The normalized spacial score (nSPS) is 18.2. The van der Waals surface area contributed by atoms with E-state index < -0.39 is 10.8 Å². The molecule has 0 spiro atoms. The predicted molar refractivity (Wildman–Crippen MR) is 60.5 cm³/mol. The molecule has 0 aliphatic rings. The first-order valence-electron chi connectivity index (χ1n) is 5.17. The van der Waals surface area contributed by atoms with Crippen LogP contribution in [0.1, 0.15) is 40.0 Å². The topological polar surface area (TPSA) is 29.1 Å². The minimum atomic E-state index is -0.659. The van der Waals surface area contributed by atoms with Gasteiger partial charge >= 0.3 is 0 Å². The van der Waals surface area contributed by atoms with Crippen LogP contribution in [0.5, 0.6) is 0 Å². The average molecular weight is 205 g/mol. The average Bonchev–Trinajstić information content (AvgIpc) is 2.15. The molecule has 0 heterocycles. The van der Waals surface area contributed by atoms with Crippen LogP contribution < -0.4 is 5.32 Å². The zero-order valence-corrected chi connectivity index (χ0v) is 10.1. The van der Waals surface area contributed by atoms with Gasteiger partial charge in [0, 0.05) is 27.8 Å². The molecule has 0 bridgehead atoms. The first-order valence-corrected chi connectivity index (χ1v) is 6.56. The number of hydrogen-bond acceptors (Lipinski definition) is 2. The molecule has 0 saturated heterocycles. The summed E-state index contributed by atoms with van der Waals surface area (Å²) in [4.78, 5) is 0. The second-order valence-corrected chi connectivity index (χ2v) is 5.49. The molecule has 0 aliphatic heterocycles. The van der Waals surface area contributed by atoms with Crippen molar-refractivity contribution in [3.8, 4) is 0 Å². The van der Waals surface area contributed by atoms with Gasteiger partial charge < -0.3 is 5.32 Å². The van der Waals surface area contributed by atoms with Crippen molar-refractivity contribution >= 4 is 10.8 Å². The fraction of sp³-hybridized carbons (Fsp3) is 1.00. The lowest BCUT2D eigenvalue weighted by atomic mass is 10.3. The van der Waals surface area contributed by atoms with Gasteiger partial charge in [-0.2, -0.15) is 0 Å². The molecule has 3 atom stereocenters. The molecule has 0 saturated carbocycles. The van der Waals surface area contributed by atoms with Crippen molar-refractivity contribution in [3.05, 3.63) is 0 Å². The molecule has 0 radical (unpaired) electrons. The first kappa shape index (κ1) is 13.1. The van der Waals surface area contributed by atoms with Gasteiger partial charge in [0.25, 0.3) is 0 Å². The maximum Gasteiger partial charge on any atom is 0.0470 e. The van der Waals surface area contributed by atoms with Crippen LogP contribution in [0.15, 0.2) is 0 Å². The summed E-state index contributed by atoms with van der Waals surface area (Å²) >= 11 is 0. The predicted octanol–water partition coefficient (Wildman–Crippen LogP) is 1.92. The number of hydrogen-bond donors (Lipinski definition) is 1. The quantitative estimate of drug-likeness (QED) is 0.643. The Labute approximate surface area is 84.9 Å². The highest BCUT2D eigenvalue weighted by Gasteiger charge is 2.16. The molecule has 80 valence electrons. The first-order chi connectivity index (χ1) is 6.13. The third-order valence-corrected chi connectivity index (χ3v) is 4.45. The highest BCUT2D eigenvalue weighted by Crippen LogP contribution is 2.05. The van der Waals surface area contributed by atoms with Gasteiger partial charge in [0.1, 0.15) is 0 Å². The van der Waals surface area contributed by atoms with E-state index >= 15 is 0 Å². The molecule has 3 heteroatoms. The Kier molecular flexibility index (Phi) is 7.57. The molecule has 0 amide bonds. The smallest absolute Gasteiger partial charge is 0.0470 e. The lowest BCUT2D eigenvalue weighted by Gasteiger charge is -2.18. The molecule has 0 aromatic rings. The van der Waals surface area contributed by atoms with Gasteiger partial charge in [-0.1, -0.05) is 19.8 Å². The number of unbranched alkanes of at least 4 members (excludes halogenated alkanes) is 2. The van der Waals surface area contributed by atoms with Gasteiger partial charge in [0.05, 0.1) is 0 Å². The Hall–Kier alpha value is 0.110. The van der Waals surface area contributed by atoms with Gasteiger partial charge in [-0.05, 0) is 27.3 Å². The second kappa shape index (κ2) is 7.51. The van der Waals surface area contributed by atoms with Gasteiger partial charge in [0.15, 0.2) is 0 Å². The minimum Gasteiger partial charge on any atom is -0.316 e. The van der Waals surface area contributed by atoms with E-state index in [0.717, 1.165) is 12.2 Å². The maximum atomic E-state index is 11.7. The minimum absolute atomic E-state index is 0.266. The molecular formula is C10H23NOS. The van der Waals surface area contributed by atoms with E-state index in [9.17, 15) is 4.21 Å². The van der Waals surface area contributed by atoms with Crippen LogP contribution >= 0.6 is 0 Å². The van der Waals surface area contributed by atoms with E-state index in [0.29, 0.717) is 6.04 Å². The Bertz CT molecular complexity index is 150. The summed E-state index contributed by atoms with van der Waals surface area (Å²) < 4.78 is 11.7. The molecule has 0 rings (SSSR count). The van der Waals surface area contributed by atoms with E-state index in [1.165, 1.54) is 12.8 Å². The van der Waals surface area contributed by atoms with Crippen LogP contribution in [-0.2, 0) is 10.8 Å². The summed E-state index contributed by atoms with van der Waals surface area (Å²) in [5, 5.41) is 3.41. The SMILES string of the molecule is CCCCCS(=O)C(C)C(C)NC. The van der Waals surface area contributed by atoms with E-state index in [-0.39, 0.29) is 5.25 Å². The van der Waals surface area contributed by atoms with E-state index in [1.54, 1.807) is 0 Å². The maximum absolute atomic E-state index is 11.7. The highest BCUT2D eigenvalue weighted by atomic mass is 32.2. The summed E-state index contributed by atoms with van der Waals surface area (Å²) in [6.45, 7) is 6.31. The van der Waals surface area contributed by atoms with Gasteiger partial charge in [0.2, 0.25) is 0 Å². The summed E-state index contributed by atoms with van der Waals surface area (Å²) in [6, 6.07) is 0.349. The fourth-order valence-electron chi connectivity index (χ4n) is 1.14. The highest BCUT2D eigenvalue weighted by molar-refractivity contribution is 7.85. The van der Waals surface area contributed by atoms with E-state index in [2.05, 4.69) is 26.1 Å². The number of nitrogens with one attached hydrogen (secondary N) is 1. The molecular weight excluding hydrogens is 182 g/mol. The van der Waals surface area contributed by atoms with E-state index in [1.807, 2.05) is 7.05 Å². The van der Waals surface area contributed by atoms with Crippen molar-refractivity contribution in [2.24, 2.45) is 0 Å². The lowest BCUT2D eigenvalue weighted by Crippen LogP contribution is -2.36. The van der Waals surface area contributed by atoms with Crippen LogP contribution in [0, 0.1) is 0 Å². The van der Waals surface area contributed by atoms with Crippen molar-refractivity contribution < 1.29 is 4.21 Å². The fourth-order valence-corrected chi connectivity index (χ4v) is 2.59. The largest absolute Gasteiger partial charge is 0.316 e. The van der Waals surface area contributed by atoms with Gasteiger partial charge in [-0.15, -0.1) is 0 Å². The standard InChI is InChI=1S/C10H23NOS/c1-5-6-7-8-13(12)10(3)9(2)11-4/h9-11H,5-8H2,1-4H3. The lowest BCUT2D eigenvalue weighted by molar-refractivity contribution is 0.582. The van der Waals surface area contributed by atoms with Crippen LogP contribution in [0.3, 0.4) is 0 Å². The zero-order chi connectivity index (χ0) is 10.3. The summed E-state index contributed by atoms with van der Waals surface area (Å²) in [5.41, 5.74) is 0. The van der Waals surface area contributed by atoms with E-state index in [4.69, 9.17) is 0 Å². The number of rotatable bonds is 7. The summed E-state index contributed by atoms with van der Waals surface area (Å²) in [7, 11) is 1.26. The van der Waals surface area contributed by atoms with Gasteiger partial charge in [-0.3, -0.25) is 4.21 Å². The molecule has 3 unspecified atom stereocenters. The molecule has 0 fully saturated rings. The Balaban J connectivity index is 3.69. The Morgan fingerprint density at radius 1 is 1.31 bits per heavy atom.